The van der Waals surface area contributed by atoms with Gasteiger partial charge in [-0.3, -0.25) is 14.4 Å². The Morgan fingerprint density at radius 1 is 1.35 bits per heavy atom. The van der Waals surface area contributed by atoms with Crippen LogP contribution in [0.4, 0.5) is 5.00 Å². The molecule has 138 valence electrons. The van der Waals surface area contributed by atoms with Gasteiger partial charge in [0.15, 0.2) is 5.76 Å². The Labute approximate surface area is 153 Å². The number of furan rings is 1. The molecule has 1 aliphatic rings. The lowest BCUT2D eigenvalue weighted by molar-refractivity contribution is -0.138. The maximum Gasteiger partial charge on any atom is 0.305 e. The maximum atomic E-state index is 12.7. The van der Waals surface area contributed by atoms with E-state index in [1.165, 1.54) is 6.26 Å². The van der Waals surface area contributed by atoms with E-state index in [0.29, 0.717) is 28.5 Å². The number of carboxylic acid groups (broad SMARTS) is 1. The molecule has 9 heteroatoms. The number of carboxylic acids is 1. The fraction of sp³-hybridized carbons (Fsp3) is 0.353. The molecule has 1 atom stereocenters. The first kappa shape index (κ1) is 18.2. The number of aliphatic carboxylic acids is 1. The highest BCUT2D eigenvalue weighted by Gasteiger charge is 2.39. The Morgan fingerprint density at radius 3 is 2.77 bits per heavy atom. The van der Waals surface area contributed by atoms with E-state index in [4.69, 9.17) is 14.3 Å². The molecule has 1 aliphatic heterocycles. The van der Waals surface area contributed by atoms with Crippen LogP contribution in [0.1, 0.15) is 38.6 Å². The van der Waals surface area contributed by atoms with Gasteiger partial charge < -0.3 is 24.9 Å². The van der Waals surface area contributed by atoms with Crippen molar-refractivity contribution in [1.82, 2.24) is 5.32 Å². The van der Waals surface area contributed by atoms with Crippen molar-refractivity contribution in [3.8, 4) is 0 Å². The normalized spacial score (nSPS) is 19.3. The van der Waals surface area contributed by atoms with Gasteiger partial charge in [-0.1, -0.05) is 0 Å². The summed E-state index contributed by atoms with van der Waals surface area (Å²) in [5, 5.41) is 15.1. The van der Waals surface area contributed by atoms with Gasteiger partial charge in [0.2, 0.25) is 0 Å². The molecular formula is C17H18N2O6S. The van der Waals surface area contributed by atoms with E-state index in [2.05, 4.69) is 10.6 Å². The topological polar surface area (TPSA) is 118 Å². The highest BCUT2D eigenvalue weighted by atomic mass is 32.1. The molecule has 0 radical (unpaired) electrons. The summed E-state index contributed by atoms with van der Waals surface area (Å²) in [4.78, 5) is 36.2. The van der Waals surface area contributed by atoms with Crippen molar-refractivity contribution in [3.63, 3.8) is 0 Å². The highest BCUT2D eigenvalue weighted by molar-refractivity contribution is 7.18. The van der Waals surface area contributed by atoms with E-state index in [-0.39, 0.29) is 24.7 Å². The average Bonchev–Trinajstić information content (AvgIpc) is 3.28. The fourth-order valence-electron chi connectivity index (χ4n) is 2.83. The minimum atomic E-state index is -0.995. The van der Waals surface area contributed by atoms with E-state index >= 15 is 0 Å². The summed E-state index contributed by atoms with van der Waals surface area (Å²) in [6.45, 7) is 2.32. The lowest BCUT2D eigenvalue weighted by Crippen LogP contribution is -2.50. The molecule has 8 nitrogen and oxygen atoms in total. The second-order valence-corrected chi connectivity index (χ2v) is 7.21. The lowest BCUT2D eigenvalue weighted by atomic mass is 9.94. The van der Waals surface area contributed by atoms with E-state index in [0.717, 1.165) is 11.3 Å². The van der Waals surface area contributed by atoms with Gasteiger partial charge in [0.1, 0.15) is 0 Å². The lowest BCUT2D eigenvalue weighted by Gasteiger charge is -2.26. The first-order valence-electron chi connectivity index (χ1n) is 7.96. The molecule has 0 saturated carbocycles. The maximum absolute atomic E-state index is 12.7. The molecule has 0 bridgehead atoms. The Bertz CT molecular complexity index is 820. The summed E-state index contributed by atoms with van der Waals surface area (Å²) in [5.41, 5.74) is -0.219. The Hall–Kier alpha value is -2.65. The summed E-state index contributed by atoms with van der Waals surface area (Å²) in [6.07, 6.45) is 1.64. The van der Waals surface area contributed by atoms with Gasteiger partial charge >= 0.3 is 5.97 Å². The molecule has 0 aromatic carbocycles. The number of hydrogen-bond donors (Lipinski definition) is 3. The molecule has 1 saturated heterocycles. The molecule has 0 spiro atoms. The van der Waals surface area contributed by atoms with Crippen molar-refractivity contribution in [2.24, 2.45) is 0 Å². The quantitative estimate of drug-likeness (QED) is 0.710. The number of ether oxygens (including phenoxy) is 1. The summed E-state index contributed by atoms with van der Waals surface area (Å²) >= 11 is 1.12. The number of anilines is 1. The number of hydrogen-bond acceptors (Lipinski definition) is 6. The summed E-state index contributed by atoms with van der Waals surface area (Å²) in [6, 6.07) is 4.84. The molecule has 2 amide bonds. The number of carbonyl (C=O) groups is 3. The highest BCUT2D eigenvalue weighted by Crippen LogP contribution is 2.29. The molecule has 3 heterocycles. The van der Waals surface area contributed by atoms with Crippen LogP contribution < -0.4 is 10.6 Å². The van der Waals surface area contributed by atoms with Gasteiger partial charge in [0.25, 0.3) is 11.8 Å². The van der Waals surface area contributed by atoms with Gasteiger partial charge in [-0.05, 0) is 37.1 Å². The van der Waals surface area contributed by atoms with Crippen molar-refractivity contribution in [2.75, 3.05) is 18.5 Å². The van der Waals surface area contributed by atoms with Crippen LogP contribution in [0.2, 0.25) is 0 Å². The van der Waals surface area contributed by atoms with E-state index in [1.54, 1.807) is 25.1 Å². The summed E-state index contributed by atoms with van der Waals surface area (Å²) in [5.74, 6) is -1.61. The number of amides is 2. The molecule has 0 aliphatic carbocycles. The zero-order valence-corrected chi connectivity index (χ0v) is 14.9. The van der Waals surface area contributed by atoms with Crippen LogP contribution in [0.15, 0.2) is 28.9 Å². The third kappa shape index (κ3) is 3.94. The average molecular weight is 378 g/mol. The van der Waals surface area contributed by atoms with Crippen molar-refractivity contribution in [3.05, 3.63) is 40.7 Å². The van der Waals surface area contributed by atoms with E-state index in [9.17, 15) is 14.4 Å². The van der Waals surface area contributed by atoms with E-state index in [1.807, 2.05) is 0 Å². The van der Waals surface area contributed by atoms with Crippen LogP contribution in [0.5, 0.6) is 0 Å². The number of rotatable bonds is 6. The second-order valence-electron chi connectivity index (χ2n) is 6.16. The third-order valence-corrected chi connectivity index (χ3v) is 5.23. The van der Waals surface area contributed by atoms with Gasteiger partial charge in [-0.25, -0.2) is 0 Å². The first-order chi connectivity index (χ1) is 12.4. The monoisotopic (exact) mass is 378 g/mol. The number of nitrogens with one attached hydrogen (secondary N) is 2. The standard InChI is InChI=1S/C17H18N2O6S/c1-10-7-12(18-15(22)11-3-2-5-25-11)26-14(10)16(23)19-17(8-13(20)21)4-6-24-9-17/h2-3,5,7H,4,6,8-9H2,1H3,(H,18,22)(H,19,23)(H,20,21). The first-order valence-corrected chi connectivity index (χ1v) is 8.77. The van der Waals surface area contributed by atoms with Crippen molar-refractivity contribution in [1.29, 1.82) is 0 Å². The van der Waals surface area contributed by atoms with Crippen LogP contribution in [0.25, 0.3) is 0 Å². The second kappa shape index (κ2) is 7.30. The number of carbonyl (C=O) groups excluding carboxylic acids is 2. The van der Waals surface area contributed by atoms with Crippen LogP contribution in [-0.2, 0) is 9.53 Å². The SMILES string of the molecule is Cc1cc(NC(=O)c2ccco2)sc1C(=O)NC1(CC(=O)O)CCOC1. The Balaban J connectivity index is 1.72. The summed E-state index contributed by atoms with van der Waals surface area (Å²) < 4.78 is 10.3. The molecule has 3 N–H and O–H groups in total. The summed E-state index contributed by atoms with van der Waals surface area (Å²) in [7, 11) is 0. The molecule has 1 unspecified atom stereocenters. The largest absolute Gasteiger partial charge is 0.481 e. The zero-order chi connectivity index (χ0) is 18.7. The van der Waals surface area contributed by atoms with Crippen molar-refractivity contribution in [2.45, 2.75) is 25.3 Å². The third-order valence-electron chi connectivity index (χ3n) is 4.08. The zero-order valence-electron chi connectivity index (χ0n) is 14.0. The molecule has 2 aromatic rings. The Morgan fingerprint density at radius 2 is 2.15 bits per heavy atom. The molecular weight excluding hydrogens is 360 g/mol. The fourth-order valence-corrected chi connectivity index (χ4v) is 3.79. The predicted molar refractivity (Wildman–Crippen MR) is 93.6 cm³/mol. The van der Waals surface area contributed by atoms with Gasteiger partial charge in [-0.2, -0.15) is 0 Å². The van der Waals surface area contributed by atoms with Gasteiger partial charge in [0, 0.05) is 6.61 Å². The predicted octanol–water partition coefficient (Wildman–Crippen LogP) is 2.27. The van der Waals surface area contributed by atoms with Crippen molar-refractivity contribution < 1.29 is 28.6 Å². The minimum absolute atomic E-state index is 0.164. The molecule has 2 aromatic heterocycles. The number of thiophene rings is 1. The van der Waals surface area contributed by atoms with Gasteiger partial charge in [-0.15, -0.1) is 11.3 Å². The smallest absolute Gasteiger partial charge is 0.305 e. The van der Waals surface area contributed by atoms with Crippen LogP contribution in [0, 0.1) is 6.92 Å². The van der Waals surface area contributed by atoms with Gasteiger partial charge in [0.05, 0.1) is 34.7 Å². The Kier molecular flexibility index (Phi) is 5.10. The molecule has 26 heavy (non-hydrogen) atoms. The van der Waals surface area contributed by atoms with Crippen molar-refractivity contribution >= 4 is 34.1 Å². The van der Waals surface area contributed by atoms with Crippen LogP contribution in [-0.4, -0.2) is 41.6 Å². The van der Waals surface area contributed by atoms with Crippen LogP contribution >= 0.6 is 11.3 Å². The minimum Gasteiger partial charge on any atom is -0.481 e. The number of aryl methyl sites for hydroxylation is 1. The molecule has 3 rings (SSSR count). The molecule has 1 fully saturated rings. The van der Waals surface area contributed by atoms with Crippen LogP contribution in [0.3, 0.4) is 0 Å². The van der Waals surface area contributed by atoms with E-state index < -0.39 is 17.4 Å².